The van der Waals surface area contributed by atoms with Crippen LogP contribution in [0.1, 0.15) is 29.3 Å². The van der Waals surface area contributed by atoms with E-state index < -0.39 is 29.6 Å². The normalized spacial score (nSPS) is 14.0. The number of hydrazine groups is 1. The average molecular weight is 413 g/mol. The topological polar surface area (TPSA) is 105 Å². The lowest BCUT2D eigenvalue weighted by Gasteiger charge is -2.26. The number of carbonyl (C=O) groups is 4. The van der Waals surface area contributed by atoms with E-state index in [9.17, 15) is 23.6 Å². The van der Waals surface area contributed by atoms with Gasteiger partial charge in [-0.1, -0.05) is 30.3 Å². The van der Waals surface area contributed by atoms with Crippen molar-refractivity contribution in [3.05, 3.63) is 65.5 Å². The molecule has 1 heterocycles. The molecule has 2 aromatic rings. The lowest BCUT2D eigenvalue weighted by atomic mass is 9.98. The van der Waals surface area contributed by atoms with Crippen LogP contribution in [0.5, 0.6) is 5.75 Å². The third-order valence-electron chi connectivity index (χ3n) is 4.53. The van der Waals surface area contributed by atoms with Crippen molar-refractivity contribution in [2.24, 2.45) is 0 Å². The molecule has 8 nitrogen and oxygen atoms in total. The second-order valence-electron chi connectivity index (χ2n) is 6.66. The van der Waals surface area contributed by atoms with Crippen molar-refractivity contribution in [2.45, 2.75) is 25.9 Å². The van der Waals surface area contributed by atoms with Crippen LogP contribution in [-0.2, 0) is 20.8 Å². The van der Waals surface area contributed by atoms with Gasteiger partial charge >= 0.3 is 0 Å². The molecule has 0 unspecified atom stereocenters. The number of para-hydroxylation sites is 1. The summed E-state index contributed by atoms with van der Waals surface area (Å²) in [5, 5.41) is 0. The summed E-state index contributed by atoms with van der Waals surface area (Å²) < 4.78 is 18.8. The van der Waals surface area contributed by atoms with Crippen LogP contribution in [0, 0.1) is 5.82 Å². The molecule has 0 aromatic heterocycles. The average Bonchev–Trinajstić information content (AvgIpc) is 2.73. The monoisotopic (exact) mass is 413 g/mol. The van der Waals surface area contributed by atoms with Crippen LogP contribution in [0.4, 0.5) is 4.39 Å². The summed E-state index contributed by atoms with van der Waals surface area (Å²) in [6, 6.07) is 12.4. The number of carbonyl (C=O) groups excluding carboxylic acids is 4. The summed E-state index contributed by atoms with van der Waals surface area (Å²) >= 11 is 0. The highest BCUT2D eigenvalue weighted by atomic mass is 19.1. The largest absolute Gasteiger partial charge is 0.478 e. The first kappa shape index (κ1) is 21.0. The molecular weight excluding hydrogens is 393 g/mol. The number of imide groups is 1. The first-order chi connectivity index (χ1) is 14.4. The molecule has 0 saturated carbocycles. The molecule has 2 N–H and O–H groups in total. The lowest BCUT2D eigenvalue weighted by Crippen LogP contribution is -2.49. The van der Waals surface area contributed by atoms with Crippen molar-refractivity contribution in [1.82, 2.24) is 15.8 Å². The smallest absolute Gasteiger partial charge is 0.279 e. The molecule has 1 atom stereocenters. The zero-order valence-electron chi connectivity index (χ0n) is 16.2. The van der Waals surface area contributed by atoms with E-state index in [0.29, 0.717) is 11.1 Å². The van der Waals surface area contributed by atoms with Crippen molar-refractivity contribution < 1.29 is 28.3 Å². The summed E-state index contributed by atoms with van der Waals surface area (Å²) in [6.07, 6.45) is -1.17. The highest BCUT2D eigenvalue weighted by Gasteiger charge is 2.30. The standard InChI is InChI=1S/C21H20FN3O5/c1-13(30-17-9-5-4-8-16(17)22)20(28)24-23-18(26)10-11-25-19(27)12-14-6-2-3-7-15(14)21(25)29/h2-9,13H,10-12H2,1H3,(H,23,26)(H,24,28)/t13-/m0/s1. The number of nitrogens with one attached hydrogen (secondary N) is 2. The van der Waals surface area contributed by atoms with E-state index in [1.54, 1.807) is 30.3 Å². The highest BCUT2D eigenvalue weighted by molar-refractivity contribution is 6.09. The minimum Gasteiger partial charge on any atom is -0.478 e. The van der Waals surface area contributed by atoms with Gasteiger partial charge in [0.25, 0.3) is 11.8 Å². The van der Waals surface area contributed by atoms with Gasteiger partial charge in [0.05, 0.1) is 6.42 Å². The van der Waals surface area contributed by atoms with E-state index in [1.807, 2.05) is 0 Å². The third kappa shape index (κ3) is 4.80. The fourth-order valence-electron chi connectivity index (χ4n) is 2.92. The summed E-state index contributed by atoms with van der Waals surface area (Å²) in [6.45, 7) is 1.28. The summed E-state index contributed by atoms with van der Waals surface area (Å²) in [7, 11) is 0. The Morgan fingerprint density at radius 2 is 1.80 bits per heavy atom. The maximum absolute atomic E-state index is 13.6. The van der Waals surface area contributed by atoms with Gasteiger partial charge in [-0.3, -0.25) is 34.9 Å². The lowest BCUT2D eigenvalue weighted by molar-refractivity contribution is -0.133. The number of halogens is 1. The van der Waals surface area contributed by atoms with Crippen molar-refractivity contribution >= 4 is 23.6 Å². The van der Waals surface area contributed by atoms with E-state index in [-0.39, 0.29) is 31.0 Å². The quantitative estimate of drug-likeness (QED) is 0.550. The molecule has 156 valence electrons. The van der Waals surface area contributed by atoms with Crippen LogP contribution in [0.3, 0.4) is 0 Å². The van der Waals surface area contributed by atoms with Gasteiger partial charge in [-0.05, 0) is 30.7 Å². The van der Waals surface area contributed by atoms with E-state index in [0.717, 1.165) is 4.90 Å². The third-order valence-corrected chi connectivity index (χ3v) is 4.53. The van der Waals surface area contributed by atoms with E-state index in [4.69, 9.17) is 4.74 Å². The summed E-state index contributed by atoms with van der Waals surface area (Å²) in [5.74, 6) is -2.83. The van der Waals surface area contributed by atoms with Crippen LogP contribution in [0.2, 0.25) is 0 Å². The highest BCUT2D eigenvalue weighted by Crippen LogP contribution is 2.20. The zero-order valence-corrected chi connectivity index (χ0v) is 16.2. The van der Waals surface area contributed by atoms with Crippen LogP contribution in [0.25, 0.3) is 0 Å². The number of hydrogen-bond acceptors (Lipinski definition) is 5. The molecule has 1 aliphatic rings. The number of amides is 4. The van der Waals surface area contributed by atoms with Crippen LogP contribution in [-0.4, -0.2) is 41.2 Å². The minimum absolute atomic E-state index is 0.0885. The molecule has 0 fully saturated rings. The van der Waals surface area contributed by atoms with Gasteiger partial charge < -0.3 is 4.74 Å². The van der Waals surface area contributed by atoms with Crippen LogP contribution < -0.4 is 15.6 Å². The number of hydrogen-bond donors (Lipinski definition) is 2. The molecular formula is C21H20FN3O5. The molecule has 0 radical (unpaired) electrons. The van der Waals surface area contributed by atoms with Crippen molar-refractivity contribution in [2.75, 3.05) is 6.54 Å². The number of ether oxygens (including phenoxy) is 1. The Balaban J connectivity index is 1.47. The first-order valence-corrected chi connectivity index (χ1v) is 9.29. The number of rotatable bonds is 6. The van der Waals surface area contributed by atoms with Crippen molar-refractivity contribution in [3.63, 3.8) is 0 Å². The molecule has 4 amide bonds. The fraction of sp³-hybridized carbons (Fsp3) is 0.238. The van der Waals surface area contributed by atoms with Gasteiger partial charge in [0.1, 0.15) is 0 Å². The Morgan fingerprint density at radius 1 is 1.10 bits per heavy atom. The number of nitrogens with zero attached hydrogens (tertiary/aromatic N) is 1. The van der Waals surface area contributed by atoms with Crippen molar-refractivity contribution in [3.8, 4) is 5.75 Å². The Morgan fingerprint density at radius 3 is 2.57 bits per heavy atom. The van der Waals surface area contributed by atoms with E-state index in [2.05, 4.69) is 10.9 Å². The minimum atomic E-state index is -1.07. The summed E-state index contributed by atoms with van der Waals surface area (Å²) in [5.41, 5.74) is 5.46. The second-order valence-corrected chi connectivity index (χ2v) is 6.66. The molecule has 3 rings (SSSR count). The Labute approximate surface area is 172 Å². The van der Waals surface area contributed by atoms with Gasteiger partial charge in [0, 0.05) is 18.5 Å². The SMILES string of the molecule is C[C@H](Oc1ccccc1F)C(=O)NNC(=O)CCN1C(=O)Cc2ccccc2C1=O. The molecule has 2 aromatic carbocycles. The number of benzene rings is 2. The van der Waals surface area contributed by atoms with Crippen LogP contribution in [0.15, 0.2) is 48.5 Å². The predicted molar refractivity (Wildman–Crippen MR) is 104 cm³/mol. The van der Waals surface area contributed by atoms with Crippen LogP contribution >= 0.6 is 0 Å². The Bertz CT molecular complexity index is 994. The first-order valence-electron chi connectivity index (χ1n) is 9.29. The molecule has 9 heteroatoms. The van der Waals surface area contributed by atoms with Gasteiger partial charge in [-0.25, -0.2) is 4.39 Å². The zero-order chi connectivity index (χ0) is 21.7. The summed E-state index contributed by atoms with van der Waals surface area (Å²) in [4.78, 5) is 49.7. The molecule has 0 spiro atoms. The second kappa shape index (κ2) is 9.17. The maximum atomic E-state index is 13.6. The van der Waals surface area contributed by atoms with Gasteiger partial charge in [-0.15, -0.1) is 0 Å². The van der Waals surface area contributed by atoms with Gasteiger partial charge in [-0.2, -0.15) is 0 Å². The van der Waals surface area contributed by atoms with E-state index >= 15 is 0 Å². The maximum Gasteiger partial charge on any atom is 0.279 e. The molecule has 0 aliphatic carbocycles. The van der Waals surface area contributed by atoms with Gasteiger partial charge in [0.2, 0.25) is 11.8 Å². The number of fused-ring (bicyclic) bond motifs is 1. The Kier molecular flexibility index (Phi) is 6.41. The molecule has 30 heavy (non-hydrogen) atoms. The van der Waals surface area contributed by atoms with Crippen molar-refractivity contribution in [1.29, 1.82) is 0 Å². The molecule has 1 aliphatic heterocycles. The predicted octanol–water partition coefficient (Wildman–Crippen LogP) is 1.36. The van der Waals surface area contributed by atoms with E-state index in [1.165, 1.54) is 25.1 Å². The molecule has 0 saturated heterocycles. The van der Waals surface area contributed by atoms with Gasteiger partial charge in [0.15, 0.2) is 17.7 Å². The fourth-order valence-corrected chi connectivity index (χ4v) is 2.92. The molecule has 0 bridgehead atoms. The Hall–Kier alpha value is -3.75.